The van der Waals surface area contributed by atoms with Gasteiger partial charge in [0.1, 0.15) is 23.4 Å². The molecule has 8 nitrogen and oxygen atoms in total. The van der Waals surface area contributed by atoms with Crippen molar-refractivity contribution in [3.63, 3.8) is 0 Å². The number of carbonyl (C=O) groups excluding carboxylic acids is 1. The quantitative estimate of drug-likeness (QED) is 0.318. The van der Waals surface area contributed by atoms with E-state index in [9.17, 15) is 30.3 Å². The van der Waals surface area contributed by atoms with E-state index in [1.807, 2.05) is 6.07 Å². The summed E-state index contributed by atoms with van der Waals surface area (Å²) in [5.74, 6) is -2.62. The normalized spacial score (nSPS) is 17.4. The van der Waals surface area contributed by atoms with Gasteiger partial charge in [0, 0.05) is 29.7 Å². The van der Waals surface area contributed by atoms with E-state index in [4.69, 9.17) is 9.47 Å². The van der Waals surface area contributed by atoms with E-state index >= 15 is 0 Å². The van der Waals surface area contributed by atoms with Gasteiger partial charge in [-0.05, 0) is 17.7 Å². The minimum absolute atomic E-state index is 0.0184. The van der Waals surface area contributed by atoms with Gasteiger partial charge in [0.15, 0.2) is 23.4 Å². The fourth-order valence-corrected chi connectivity index (χ4v) is 3.60. The molecule has 0 spiro atoms. The molecule has 0 radical (unpaired) electrons. The van der Waals surface area contributed by atoms with Gasteiger partial charge >= 0.3 is 5.97 Å². The van der Waals surface area contributed by atoms with E-state index in [2.05, 4.69) is 0 Å². The molecule has 1 aliphatic heterocycles. The molecule has 31 heavy (non-hydrogen) atoms. The molecule has 3 aromatic carbocycles. The summed E-state index contributed by atoms with van der Waals surface area (Å²) in [6.07, 6.45) is -1.81. The van der Waals surface area contributed by atoms with Gasteiger partial charge in [-0.1, -0.05) is 30.3 Å². The zero-order chi connectivity index (χ0) is 22.1. The molecule has 160 valence electrons. The lowest BCUT2D eigenvalue weighted by Gasteiger charge is -2.34. The van der Waals surface area contributed by atoms with E-state index in [-0.39, 0.29) is 35.7 Å². The van der Waals surface area contributed by atoms with Crippen LogP contribution in [0.25, 0.3) is 0 Å². The average Bonchev–Trinajstić information content (AvgIpc) is 2.72. The van der Waals surface area contributed by atoms with Crippen molar-refractivity contribution in [2.45, 2.75) is 25.0 Å². The van der Waals surface area contributed by atoms with Crippen LogP contribution in [0.5, 0.6) is 34.5 Å². The number of hydrogen-bond acceptors (Lipinski definition) is 8. The highest BCUT2D eigenvalue weighted by atomic mass is 16.6. The summed E-state index contributed by atoms with van der Waals surface area (Å²) in [6, 6.07) is 13.9. The van der Waals surface area contributed by atoms with E-state index < -0.39 is 35.4 Å². The molecule has 0 fully saturated rings. The zero-order valence-corrected chi connectivity index (χ0v) is 16.2. The maximum atomic E-state index is 12.6. The molecule has 3 aromatic rings. The summed E-state index contributed by atoms with van der Waals surface area (Å²) in [4.78, 5) is 12.6. The van der Waals surface area contributed by atoms with Gasteiger partial charge in [-0.15, -0.1) is 0 Å². The number of hydrogen-bond donors (Lipinski definition) is 5. The van der Waals surface area contributed by atoms with E-state index in [0.717, 1.165) is 11.6 Å². The van der Waals surface area contributed by atoms with Gasteiger partial charge in [0.2, 0.25) is 0 Å². The first kappa shape index (κ1) is 20.2. The predicted octanol–water partition coefficient (Wildman–Crippen LogP) is 3.05. The maximum Gasteiger partial charge on any atom is 0.310 e. The number of phenolic OH excluding ortho intramolecular Hbond substituents is 5. The SMILES string of the molecule is O=C(Cc1ccccc1)O[C@@H]1Cc2c(O)cc(O)cc2O[C@@H]1c1cc(O)c(O)c(O)c1. The third-order valence-corrected chi connectivity index (χ3v) is 5.06. The maximum absolute atomic E-state index is 12.6. The second kappa shape index (κ2) is 7.98. The molecule has 1 aliphatic rings. The van der Waals surface area contributed by atoms with Gasteiger partial charge in [-0.25, -0.2) is 0 Å². The molecule has 0 saturated heterocycles. The van der Waals surface area contributed by atoms with Gasteiger partial charge in [0.05, 0.1) is 6.42 Å². The Labute approximate surface area is 177 Å². The van der Waals surface area contributed by atoms with E-state index in [0.29, 0.717) is 5.56 Å². The van der Waals surface area contributed by atoms with Gasteiger partial charge in [-0.3, -0.25) is 4.79 Å². The Hall–Kier alpha value is -4.07. The van der Waals surface area contributed by atoms with E-state index in [1.165, 1.54) is 18.2 Å². The molecule has 5 N–H and O–H groups in total. The number of aromatic hydroxyl groups is 5. The predicted molar refractivity (Wildman–Crippen MR) is 108 cm³/mol. The molecule has 0 unspecified atom stereocenters. The van der Waals surface area contributed by atoms with Crippen LogP contribution in [0.3, 0.4) is 0 Å². The van der Waals surface area contributed by atoms with Crippen molar-refractivity contribution in [3.8, 4) is 34.5 Å². The molecule has 0 bridgehead atoms. The Balaban J connectivity index is 1.68. The number of fused-ring (bicyclic) bond motifs is 1. The van der Waals surface area contributed by atoms with Crippen LogP contribution in [-0.4, -0.2) is 37.6 Å². The van der Waals surface area contributed by atoms with Crippen LogP contribution in [0.15, 0.2) is 54.6 Å². The average molecular weight is 424 g/mol. The summed E-state index contributed by atoms with van der Waals surface area (Å²) in [6.45, 7) is 0. The summed E-state index contributed by atoms with van der Waals surface area (Å²) >= 11 is 0. The number of phenols is 5. The van der Waals surface area contributed by atoms with Crippen LogP contribution in [0, 0.1) is 0 Å². The van der Waals surface area contributed by atoms with Crippen LogP contribution in [-0.2, 0) is 22.4 Å². The third-order valence-electron chi connectivity index (χ3n) is 5.06. The molecule has 8 heteroatoms. The third kappa shape index (κ3) is 4.13. The topological polar surface area (TPSA) is 137 Å². The largest absolute Gasteiger partial charge is 0.508 e. The Morgan fingerprint density at radius 1 is 0.935 bits per heavy atom. The van der Waals surface area contributed by atoms with Crippen LogP contribution in [0.4, 0.5) is 0 Å². The Morgan fingerprint density at radius 2 is 1.61 bits per heavy atom. The molecule has 4 rings (SSSR count). The molecular formula is C23H20O8. The Kier molecular flexibility index (Phi) is 5.21. The highest BCUT2D eigenvalue weighted by Gasteiger charge is 2.37. The van der Waals surface area contributed by atoms with Crippen molar-refractivity contribution in [2.75, 3.05) is 0 Å². The van der Waals surface area contributed by atoms with Crippen molar-refractivity contribution in [2.24, 2.45) is 0 Å². The van der Waals surface area contributed by atoms with Crippen LogP contribution in [0.1, 0.15) is 22.8 Å². The van der Waals surface area contributed by atoms with E-state index in [1.54, 1.807) is 24.3 Å². The zero-order valence-electron chi connectivity index (χ0n) is 16.2. The van der Waals surface area contributed by atoms with Crippen molar-refractivity contribution >= 4 is 5.97 Å². The first-order chi connectivity index (χ1) is 14.8. The van der Waals surface area contributed by atoms with Gasteiger partial charge in [0.25, 0.3) is 0 Å². The first-order valence-corrected chi connectivity index (χ1v) is 9.51. The Morgan fingerprint density at radius 3 is 2.29 bits per heavy atom. The minimum atomic E-state index is -0.981. The molecule has 0 aromatic heterocycles. The summed E-state index contributed by atoms with van der Waals surface area (Å²) in [5.41, 5.74) is 1.34. The number of rotatable bonds is 4. The summed E-state index contributed by atoms with van der Waals surface area (Å²) in [7, 11) is 0. The van der Waals surface area contributed by atoms with Crippen LogP contribution in [0.2, 0.25) is 0 Å². The smallest absolute Gasteiger partial charge is 0.310 e. The molecule has 2 atom stereocenters. The Bertz CT molecular complexity index is 1100. The molecule has 1 heterocycles. The number of benzene rings is 3. The molecule has 0 saturated carbocycles. The lowest BCUT2D eigenvalue weighted by atomic mass is 9.93. The minimum Gasteiger partial charge on any atom is -0.508 e. The van der Waals surface area contributed by atoms with Crippen molar-refractivity contribution < 1.29 is 39.8 Å². The van der Waals surface area contributed by atoms with Gasteiger partial charge in [-0.2, -0.15) is 0 Å². The molecule has 0 aliphatic carbocycles. The highest BCUT2D eigenvalue weighted by molar-refractivity contribution is 5.73. The second-order valence-corrected chi connectivity index (χ2v) is 7.28. The van der Waals surface area contributed by atoms with Gasteiger partial charge < -0.3 is 35.0 Å². The second-order valence-electron chi connectivity index (χ2n) is 7.28. The monoisotopic (exact) mass is 424 g/mol. The first-order valence-electron chi connectivity index (χ1n) is 9.51. The molecular weight excluding hydrogens is 404 g/mol. The van der Waals surface area contributed by atoms with Crippen molar-refractivity contribution in [1.29, 1.82) is 0 Å². The molecule has 0 amide bonds. The fraction of sp³-hybridized carbons (Fsp3) is 0.174. The summed E-state index contributed by atoms with van der Waals surface area (Å²) in [5, 5.41) is 49.5. The lowest BCUT2D eigenvalue weighted by Crippen LogP contribution is -2.35. The van der Waals surface area contributed by atoms with Crippen LogP contribution >= 0.6 is 0 Å². The van der Waals surface area contributed by atoms with Crippen LogP contribution < -0.4 is 4.74 Å². The summed E-state index contributed by atoms with van der Waals surface area (Å²) < 4.78 is 11.5. The standard InChI is InChI=1S/C23H20O8/c24-14-9-16(25)15-11-20(30-21(28)6-12-4-2-1-3-5-12)23(31-19(15)10-14)13-7-17(26)22(29)18(27)8-13/h1-5,7-10,20,23-27,29H,6,11H2/t20-,23-/m1/s1. The fourth-order valence-electron chi connectivity index (χ4n) is 3.60. The lowest BCUT2D eigenvalue weighted by molar-refractivity contribution is -0.154. The highest BCUT2D eigenvalue weighted by Crippen LogP contribution is 2.45. The number of ether oxygens (including phenoxy) is 2. The number of carbonyl (C=O) groups is 1. The van der Waals surface area contributed by atoms with Crippen molar-refractivity contribution in [1.82, 2.24) is 0 Å². The number of esters is 1. The van der Waals surface area contributed by atoms with Crippen molar-refractivity contribution in [3.05, 3.63) is 71.3 Å².